The molecule has 1 aromatic carbocycles. The van der Waals surface area contributed by atoms with Crippen molar-refractivity contribution in [2.45, 2.75) is 38.1 Å². The maximum atomic E-state index is 12.5. The van der Waals surface area contributed by atoms with E-state index >= 15 is 0 Å². The van der Waals surface area contributed by atoms with Gasteiger partial charge < -0.3 is 19.7 Å². The van der Waals surface area contributed by atoms with Crippen molar-refractivity contribution in [2.24, 2.45) is 0 Å². The summed E-state index contributed by atoms with van der Waals surface area (Å²) in [6.45, 7) is 3.81. The number of nitrogens with zero attached hydrogens (tertiary/aromatic N) is 2. The third kappa shape index (κ3) is 3.29. The first-order valence-corrected chi connectivity index (χ1v) is 8.99. The molecule has 6 heteroatoms. The van der Waals surface area contributed by atoms with Crippen LogP contribution in [0.15, 0.2) is 18.2 Å². The van der Waals surface area contributed by atoms with Gasteiger partial charge in [0.2, 0.25) is 6.79 Å². The molecule has 0 atom stereocenters. The Morgan fingerprint density at radius 1 is 1.00 bits per heavy atom. The number of benzene rings is 1. The quantitative estimate of drug-likeness (QED) is 0.905. The van der Waals surface area contributed by atoms with E-state index in [0.717, 1.165) is 43.7 Å². The van der Waals surface area contributed by atoms with Crippen LogP contribution in [0.2, 0.25) is 0 Å². The molecule has 6 nitrogen and oxygen atoms in total. The Hall–Kier alpha value is -1.95. The second kappa shape index (κ2) is 6.89. The number of carbonyl (C=O) groups excluding carboxylic acids is 1. The second-order valence-electron chi connectivity index (χ2n) is 6.81. The third-order valence-corrected chi connectivity index (χ3v) is 5.32. The molecule has 1 saturated carbocycles. The van der Waals surface area contributed by atoms with E-state index in [9.17, 15) is 4.79 Å². The number of carbonyl (C=O) groups is 1. The van der Waals surface area contributed by atoms with E-state index in [1.54, 1.807) is 0 Å². The summed E-state index contributed by atoms with van der Waals surface area (Å²) < 4.78 is 10.6. The summed E-state index contributed by atoms with van der Waals surface area (Å²) in [6.07, 6.45) is 6.74. The summed E-state index contributed by atoms with van der Waals surface area (Å²) in [5.41, 5.74) is 0.749. The number of rotatable bonds is 2. The van der Waals surface area contributed by atoms with Crippen molar-refractivity contribution in [3.63, 3.8) is 0 Å². The minimum absolute atomic E-state index is 0.0304. The Labute approximate surface area is 142 Å². The van der Waals surface area contributed by atoms with Gasteiger partial charge in [-0.15, -0.1) is 0 Å². The van der Waals surface area contributed by atoms with Crippen LogP contribution in [-0.2, 0) is 0 Å². The molecule has 130 valence electrons. The largest absolute Gasteiger partial charge is 0.454 e. The van der Waals surface area contributed by atoms with Crippen LogP contribution in [0.5, 0.6) is 11.5 Å². The van der Waals surface area contributed by atoms with Gasteiger partial charge in [0.25, 0.3) is 0 Å². The molecule has 1 saturated heterocycles. The fraction of sp³-hybridized carbons (Fsp3) is 0.611. The molecule has 4 rings (SSSR count). The third-order valence-electron chi connectivity index (χ3n) is 5.32. The van der Waals surface area contributed by atoms with Crippen LogP contribution < -0.4 is 14.8 Å². The Bertz CT molecular complexity index is 593. The molecule has 24 heavy (non-hydrogen) atoms. The van der Waals surface area contributed by atoms with E-state index in [1.807, 2.05) is 23.1 Å². The Morgan fingerprint density at radius 2 is 1.75 bits per heavy atom. The summed E-state index contributed by atoms with van der Waals surface area (Å²) >= 11 is 0. The molecule has 2 heterocycles. The predicted octanol–water partition coefficient (Wildman–Crippen LogP) is 2.90. The van der Waals surface area contributed by atoms with Crippen LogP contribution >= 0.6 is 0 Å². The number of piperazine rings is 1. The van der Waals surface area contributed by atoms with Crippen LogP contribution in [0, 0.1) is 0 Å². The van der Waals surface area contributed by atoms with Gasteiger partial charge in [-0.25, -0.2) is 4.79 Å². The SMILES string of the molecule is O=C(Nc1ccc2c(c1)OCO2)N1CCN(C2CCCCC2)CC1. The van der Waals surface area contributed by atoms with Crippen LogP contribution in [0.4, 0.5) is 10.5 Å². The highest BCUT2D eigenvalue weighted by Gasteiger charge is 2.27. The molecule has 1 N–H and O–H groups in total. The molecule has 0 unspecified atom stereocenters. The lowest BCUT2D eigenvalue weighted by atomic mass is 9.94. The highest BCUT2D eigenvalue weighted by molar-refractivity contribution is 5.89. The van der Waals surface area contributed by atoms with E-state index < -0.39 is 0 Å². The van der Waals surface area contributed by atoms with E-state index in [0.29, 0.717) is 5.75 Å². The average molecular weight is 331 g/mol. The first-order valence-electron chi connectivity index (χ1n) is 8.99. The fourth-order valence-corrected chi connectivity index (χ4v) is 3.91. The van der Waals surface area contributed by atoms with Gasteiger partial charge in [-0.2, -0.15) is 0 Å². The summed E-state index contributed by atoms with van der Waals surface area (Å²) in [4.78, 5) is 17.0. The molecule has 3 aliphatic rings. The van der Waals surface area contributed by atoms with Crippen molar-refractivity contribution in [1.29, 1.82) is 0 Å². The number of hydrogen-bond donors (Lipinski definition) is 1. The number of ether oxygens (including phenoxy) is 2. The van der Waals surface area contributed by atoms with Gasteiger partial charge in [0.05, 0.1) is 0 Å². The Morgan fingerprint density at radius 3 is 2.54 bits per heavy atom. The highest BCUT2D eigenvalue weighted by atomic mass is 16.7. The molecule has 0 spiro atoms. The van der Waals surface area contributed by atoms with Crippen molar-refractivity contribution in [2.75, 3.05) is 38.3 Å². The van der Waals surface area contributed by atoms with Gasteiger partial charge in [-0.1, -0.05) is 19.3 Å². The van der Waals surface area contributed by atoms with Crippen LogP contribution in [0.1, 0.15) is 32.1 Å². The molecule has 2 fully saturated rings. The smallest absolute Gasteiger partial charge is 0.321 e. The number of anilines is 1. The summed E-state index contributed by atoms with van der Waals surface area (Å²) in [5, 5.41) is 2.97. The van der Waals surface area contributed by atoms with Crippen molar-refractivity contribution in [3.8, 4) is 11.5 Å². The van der Waals surface area contributed by atoms with Gasteiger partial charge in [-0.05, 0) is 25.0 Å². The summed E-state index contributed by atoms with van der Waals surface area (Å²) in [7, 11) is 0. The standard InChI is InChI=1S/C18H25N3O3/c22-18(19-14-6-7-16-17(12-14)24-13-23-16)21-10-8-20(9-11-21)15-4-2-1-3-5-15/h6-7,12,15H,1-5,8-11,13H2,(H,19,22). The van der Waals surface area contributed by atoms with Crippen LogP contribution in [-0.4, -0.2) is 54.8 Å². The van der Waals surface area contributed by atoms with Crippen molar-refractivity contribution >= 4 is 11.7 Å². The maximum absolute atomic E-state index is 12.5. The lowest BCUT2D eigenvalue weighted by molar-refractivity contribution is 0.0943. The lowest BCUT2D eigenvalue weighted by Gasteiger charge is -2.40. The second-order valence-corrected chi connectivity index (χ2v) is 6.81. The highest BCUT2D eigenvalue weighted by Crippen LogP contribution is 2.34. The monoisotopic (exact) mass is 331 g/mol. The van der Waals surface area contributed by atoms with Gasteiger partial charge in [0, 0.05) is 44.0 Å². The maximum Gasteiger partial charge on any atom is 0.321 e. The van der Waals surface area contributed by atoms with Gasteiger partial charge in [-0.3, -0.25) is 4.90 Å². The molecule has 2 amide bonds. The first kappa shape index (κ1) is 15.6. The molecule has 0 aromatic heterocycles. The summed E-state index contributed by atoms with van der Waals surface area (Å²) in [6, 6.07) is 6.20. The summed E-state index contributed by atoms with van der Waals surface area (Å²) in [5.74, 6) is 1.42. The zero-order chi connectivity index (χ0) is 16.4. The number of urea groups is 1. The van der Waals surface area contributed by atoms with Gasteiger partial charge >= 0.3 is 6.03 Å². The van der Waals surface area contributed by atoms with E-state index in [4.69, 9.17) is 9.47 Å². The average Bonchev–Trinajstić information content (AvgIpc) is 3.10. The molecule has 0 bridgehead atoms. The first-order chi connectivity index (χ1) is 11.8. The molecule has 1 aliphatic carbocycles. The molecule has 1 aromatic rings. The number of fused-ring (bicyclic) bond motifs is 1. The minimum atomic E-state index is -0.0304. The molecule has 2 aliphatic heterocycles. The van der Waals surface area contributed by atoms with Crippen LogP contribution in [0.3, 0.4) is 0 Å². The van der Waals surface area contributed by atoms with Crippen LogP contribution in [0.25, 0.3) is 0 Å². The Balaban J connectivity index is 1.30. The van der Waals surface area contributed by atoms with E-state index in [2.05, 4.69) is 10.2 Å². The van der Waals surface area contributed by atoms with E-state index in [-0.39, 0.29) is 12.8 Å². The van der Waals surface area contributed by atoms with Crippen molar-refractivity contribution in [1.82, 2.24) is 9.80 Å². The van der Waals surface area contributed by atoms with E-state index in [1.165, 1.54) is 32.1 Å². The Kier molecular flexibility index (Phi) is 4.47. The normalized spacial score (nSPS) is 21.8. The fourth-order valence-electron chi connectivity index (χ4n) is 3.91. The number of hydrogen-bond acceptors (Lipinski definition) is 4. The minimum Gasteiger partial charge on any atom is -0.454 e. The topological polar surface area (TPSA) is 54.0 Å². The van der Waals surface area contributed by atoms with Crippen molar-refractivity contribution < 1.29 is 14.3 Å². The molecule has 0 radical (unpaired) electrons. The van der Waals surface area contributed by atoms with Gasteiger partial charge in [0.15, 0.2) is 11.5 Å². The molecular formula is C18H25N3O3. The van der Waals surface area contributed by atoms with Crippen molar-refractivity contribution in [3.05, 3.63) is 18.2 Å². The lowest BCUT2D eigenvalue weighted by Crippen LogP contribution is -2.53. The predicted molar refractivity (Wildman–Crippen MR) is 91.6 cm³/mol. The number of nitrogens with one attached hydrogen (secondary N) is 1. The number of amides is 2. The van der Waals surface area contributed by atoms with Gasteiger partial charge in [0.1, 0.15) is 0 Å². The zero-order valence-corrected chi connectivity index (χ0v) is 14.0. The molecular weight excluding hydrogens is 306 g/mol. The zero-order valence-electron chi connectivity index (χ0n) is 14.0.